The van der Waals surface area contributed by atoms with Crippen molar-refractivity contribution in [1.82, 2.24) is 0 Å². The Hall–Kier alpha value is -1.02. The van der Waals surface area contributed by atoms with Gasteiger partial charge in [0.2, 0.25) is 0 Å². The van der Waals surface area contributed by atoms with Gasteiger partial charge in [-0.2, -0.15) is 0 Å². The molecule has 0 aliphatic heterocycles. The standard InChI is InChI=1S/C15H25NO/c1-5-6-13(10-16)12-7-8-15(17-4)14(9-12)11(2)3/h7-9,11,13H,5-6,10,16H2,1-4H3. The van der Waals surface area contributed by atoms with E-state index in [-0.39, 0.29) is 0 Å². The number of methoxy groups -OCH3 is 1. The van der Waals surface area contributed by atoms with E-state index in [1.54, 1.807) is 7.11 Å². The number of hydrogen-bond acceptors (Lipinski definition) is 2. The van der Waals surface area contributed by atoms with Gasteiger partial charge in [-0.15, -0.1) is 0 Å². The second-order valence-electron chi connectivity index (χ2n) is 4.88. The first kappa shape index (κ1) is 14.0. The second-order valence-corrected chi connectivity index (χ2v) is 4.88. The maximum absolute atomic E-state index is 5.86. The molecule has 1 rings (SSSR count). The van der Waals surface area contributed by atoms with E-state index < -0.39 is 0 Å². The Kier molecular flexibility index (Phi) is 5.49. The van der Waals surface area contributed by atoms with E-state index >= 15 is 0 Å². The minimum atomic E-state index is 0.475. The third-order valence-corrected chi connectivity index (χ3v) is 3.27. The molecule has 2 N–H and O–H groups in total. The molecule has 0 fully saturated rings. The largest absolute Gasteiger partial charge is 0.496 e. The Morgan fingerprint density at radius 2 is 2.00 bits per heavy atom. The van der Waals surface area contributed by atoms with Crippen LogP contribution in [0, 0.1) is 0 Å². The number of ether oxygens (including phenoxy) is 1. The van der Waals surface area contributed by atoms with Gasteiger partial charge in [-0.05, 0) is 42.0 Å². The van der Waals surface area contributed by atoms with Crippen molar-refractivity contribution in [2.45, 2.75) is 45.4 Å². The summed E-state index contributed by atoms with van der Waals surface area (Å²) in [7, 11) is 1.73. The summed E-state index contributed by atoms with van der Waals surface area (Å²) in [5.41, 5.74) is 8.48. The first-order valence-electron chi connectivity index (χ1n) is 6.51. The molecule has 2 heteroatoms. The molecule has 17 heavy (non-hydrogen) atoms. The van der Waals surface area contributed by atoms with Crippen LogP contribution in [0.4, 0.5) is 0 Å². The summed E-state index contributed by atoms with van der Waals surface area (Å²) in [5.74, 6) is 1.93. The number of hydrogen-bond donors (Lipinski definition) is 1. The van der Waals surface area contributed by atoms with E-state index in [4.69, 9.17) is 10.5 Å². The van der Waals surface area contributed by atoms with E-state index in [1.165, 1.54) is 17.5 Å². The van der Waals surface area contributed by atoms with Crippen LogP contribution in [-0.2, 0) is 0 Å². The molecule has 96 valence electrons. The summed E-state index contributed by atoms with van der Waals surface area (Å²) in [6.07, 6.45) is 2.32. The molecule has 1 unspecified atom stereocenters. The fourth-order valence-corrected chi connectivity index (χ4v) is 2.23. The van der Waals surface area contributed by atoms with Gasteiger partial charge in [0.05, 0.1) is 7.11 Å². The van der Waals surface area contributed by atoms with Crippen molar-refractivity contribution in [2.24, 2.45) is 5.73 Å². The van der Waals surface area contributed by atoms with Crippen LogP contribution in [0.3, 0.4) is 0 Å². The highest BCUT2D eigenvalue weighted by atomic mass is 16.5. The summed E-state index contributed by atoms with van der Waals surface area (Å²) in [5, 5.41) is 0. The highest BCUT2D eigenvalue weighted by Gasteiger charge is 2.13. The van der Waals surface area contributed by atoms with Gasteiger partial charge >= 0.3 is 0 Å². The molecule has 0 spiro atoms. The zero-order valence-electron chi connectivity index (χ0n) is 11.5. The first-order valence-corrected chi connectivity index (χ1v) is 6.51. The molecular weight excluding hydrogens is 210 g/mol. The Labute approximate surface area is 105 Å². The van der Waals surface area contributed by atoms with Gasteiger partial charge in [-0.3, -0.25) is 0 Å². The van der Waals surface area contributed by atoms with Crippen LogP contribution >= 0.6 is 0 Å². The average Bonchev–Trinajstić information content (AvgIpc) is 2.35. The molecule has 1 atom stereocenters. The van der Waals surface area contributed by atoms with Gasteiger partial charge in [0.1, 0.15) is 5.75 Å². The zero-order valence-corrected chi connectivity index (χ0v) is 11.5. The molecule has 0 saturated carbocycles. The SMILES string of the molecule is CCCC(CN)c1ccc(OC)c(C(C)C)c1. The lowest BCUT2D eigenvalue weighted by Gasteiger charge is -2.18. The fourth-order valence-electron chi connectivity index (χ4n) is 2.23. The monoisotopic (exact) mass is 235 g/mol. The third-order valence-electron chi connectivity index (χ3n) is 3.27. The average molecular weight is 235 g/mol. The summed E-state index contributed by atoms with van der Waals surface area (Å²) in [4.78, 5) is 0. The lowest BCUT2D eigenvalue weighted by molar-refractivity contribution is 0.407. The van der Waals surface area contributed by atoms with Crippen LogP contribution in [0.15, 0.2) is 18.2 Å². The third kappa shape index (κ3) is 3.47. The number of rotatable bonds is 6. The summed E-state index contributed by atoms with van der Waals surface area (Å²) in [6, 6.07) is 6.48. The van der Waals surface area contributed by atoms with E-state index in [0.29, 0.717) is 11.8 Å². The molecule has 0 amide bonds. The summed E-state index contributed by atoms with van der Waals surface area (Å²) in [6.45, 7) is 7.31. The molecule has 2 nitrogen and oxygen atoms in total. The van der Waals surface area contributed by atoms with E-state index in [2.05, 4.69) is 39.0 Å². The molecule has 0 aromatic heterocycles. The molecule has 0 aliphatic carbocycles. The van der Waals surface area contributed by atoms with E-state index in [1.807, 2.05) is 0 Å². The van der Waals surface area contributed by atoms with E-state index in [0.717, 1.165) is 18.7 Å². The Morgan fingerprint density at radius 3 is 2.47 bits per heavy atom. The lowest BCUT2D eigenvalue weighted by Crippen LogP contribution is -2.12. The van der Waals surface area contributed by atoms with Crippen molar-refractivity contribution in [3.05, 3.63) is 29.3 Å². The molecule has 1 aromatic carbocycles. The maximum atomic E-state index is 5.86. The minimum absolute atomic E-state index is 0.475. The van der Waals surface area contributed by atoms with Gasteiger partial charge in [-0.1, -0.05) is 39.3 Å². The zero-order chi connectivity index (χ0) is 12.8. The van der Waals surface area contributed by atoms with E-state index in [9.17, 15) is 0 Å². The predicted molar refractivity (Wildman–Crippen MR) is 73.8 cm³/mol. The van der Waals surface area contributed by atoms with Crippen LogP contribution in [0.5, 0.6) is 5.75 Å². The van der Waals surface area contributed by atoms with Gasteiger partial charge in [-0.25, -0.2) is 0 Å². The van der Waals surface area contributed by atoms with Crippen molar-refractivity contribution in [3.63, 3.8) is 0 Å². The molecule has 0 bridgehead atoms. The van der Waals surface area contributed by atoms with Crippen LogP contribution < -0.4 is 10.5 Å². The molecule has 0 aliphatic rings. The molecule has 0 saturated heterocycles. The van der Waals surface area contributed by atoms with Crippen LogP contribution in [0.25, 0.3) is 0 Å². The second kappa shape index (κ2) is 6.65. The molecule has 0 radical (unpaired) electrons. The lowest BCUT2D eigenvalue weighted by atomic mass is 9.90. The summed E-state index contributed by atoms with van der Waals surface area (Å²) < 4.78 is 5.40. The van der Waals surface area contributed by atoms with Crippen LogP contribution in [0.2, 0.25) is 0 Å². The maximum Gasteiger partial charge on any atom is 0.122 e. The minimum Gasteiger partial charge on any atom is -0.496 e. The smallest absolute Gasteiger partial charge is 0.122 e. The molecular formula is C15H25NO. The van der Waals surface area contributed by atoms with Crippen molar-refractivity contribution >= 4 is 0 Å². The van der Waals surface area contributed by atoms with Crippen molar-refractivity contribution in [3.8, 4) is 5.75 Å². The van der Waals surface area contributed by atoms with Gasteiger partial charge in [0, 0.05) is 0 Å². The number of benzene rings is 1. The summed E-state index contributed by atoms with van der Waals surface area (Å²) >= 11 is 0. The van der Waals surface area contributed by atoms with Crippen molar-refractivity contribution in [1.29, 1.82) is 0 Å². The highest BCUT2D eigenvalue weighted by Crippen LogP contribution is 2.31. The quantitative estimate of drug-likeness (QED) is 0.816. The Morgan fingerprint density at radius 1 is 1.29 bits per heavy atom. The number of nitrogens with two attached hydrogens (primary N) is 1. The Bertz CT molecular complexity index is 347. The van der Waals surface area contributed by atoms with Crippen molar-refractivity contribution in [2.75, 3.05) is 13.7 Å². The predicted octanol–water partition coefficient (Wildman–Crippen LogP) is 3.66. The Balaban J connectivity index is 3.05. The highest BCUT2D eigenvalue weighted by molar-refractivity contribution is 5.40. The van der Waals surface area contributed by atoms with Crippen molar-refractivity contribution < 1.29 is 4.74 Å². The van der Waals surface area contributed by atoms with Crippen LogP contribution in [-0.4, -0.2) is 13.7 Å². The first-order chi connectivity index (χ1) is 8.13. The molecule has 0 heterocycles. The van der Waals surface area contributed by atoms with Gasteiger partial charge < -0.3 is 10.5 Å². The molecule has 1 aromatic rings. The topological polar surface area (TPSA) is 35.2 Å². The van der Waals surface area contributed by atoms with Crippen LogP contribution in [0.1, 0.15) is 56.6 Å². The fraction of sp³-hybridized carbons (Fsp3) is 0.600. The van der Waals surface area contributed by atoms with Gasteiger partial charge in [0.25, 0.3) is 0 Å². The normalized spacial score (nSPS) is 12.8. The van der Waals surface area contributed by atoms with Gasteiger partial charge in [0.15, 0.2) is 0 Å².